The Kier molecular flexibility index (Phi) is 5.70. The highest BCUT2D eigenvalue weighted by Gasteiger charge is 2.57. The predicted octanol–water partition coefficient (Wildman–Crippen LogP) is 3.80. The van der Waals surface area contributed by atoms with Crippen LogP contribution in [0.2, 0.25) is 0 Å². The monoisotopic (exact) mass is 478 g/mol. The van der Waals surface area contributed by atoms with E-state index in [4.69, 9.17) is 5.14 Å². The molecule has 0 amide bonds. The number of aryl methyl sites for hydroxylation is 1. The molecule has 0 radical (unpaired) electrons. The maximum atomic E-state index is 12.1. The molecule has 1 saturated carbocycles. The molecule has 178 valence electrons. The van der Waals surface area contributed by atoms with Crippen molar-refractivity contribution in [2.75, 3.05) is 0 Å². The van der Waals surface area contributed by atoms with Crippen molar-refractivity contribution in [3.8, 4) is 5.69 Å². The van der Waals surface area contributed by atoms with E-state index in [9.17, 15) is 13.5 Å². The van der Waals surface area contributed by atoms with Crippen LogP contribution in [0.15, 0.2) is 65.5 Å². The lowest BCUT2D eigenvalue weighted by Gasteiger charge is -2.45. The van der Waals surface area contributed by atoms with E-state index in [1.807, 2.05) is 29.1 Å². The van der Waals surface area contributed by atoms with Gasteiger partial charge >= 0.3 is 0 Å². The molecule has 5 rings (SSSR count). The van der Waals surface area contributed by atoms with Crippen molar-refractivity contribution in [3.05, 3.63) is 77.4 Å². The van der Waals surface area contributed by atoms with Gasteiger partial charge in [-0.1, -0.05) is 37.1 Å². The van der Waals surface area contributed by atoms with E-state index in [-0.39, 0.29) is 10.3 Å². The number of fused-ring (bicyclic) bond motifs is 2. The Morgan fingerprint density at radius 3 is 2.71 bits per heavy atom. The summed E-state index contributed by atoms with van der Waals surface area (Å²) in [4.78, 5) is 4.37. The lowest BCUT2D eigenvalue weighted by Crippen LogP contribution is -2.47. The number of pyridine rings is 1. The molecule has 3 aromatic rings. The number of aliphatic hydroxyl groups is 1. The average Bonchev–Trinajstić information content (AvgIpc) is 3.35. The van der Waals surface area contributed by atoms with Crippen molar-refractivity contribution >= 4 is 16.1 Å². The van der Waals surface area contributed by atoms with Crippen LogP contribution < -0.4 is 5.14 Å². The number of aromatic nitrogens is 3. The maximum Gasteiger partial charge on any atom is 0.238 e. The first-order valence-corrected chi connectivity index (χ1v) is 13.3. The molecular formula is C26H30N4O3S. The first-order valence-electron chi connectivity index (χ1n) is 11.8. The number of hydrogen-bond acceptors (Lipinski definition) is 5. The molecule has 0 saturated heterocycles. The summed E-state index contributed by atoms with van der Waals surface area (Å²) in [6.45, 7) is 2.15. The van der Waals surface area contributed by atoms with Crippen LogP contribution >= 0.6 is 0 Å². The molecule has 2 atom stereocenters. The summed E-state index contributed by atoms with van der Waals surface area (Å²) >= 11 is 0. The molecule has 1 aromatic carbocycles. The van der Waals surface area contributed by atoms with Gasteiger partial charge in [0.2, 0.25) is 10.0 Å². The zero-order valence-electron chi connectivity index (χ0n) is 19.3. The largest absolute Gasteiger partial charge is 0.389 e. The minimum absolute atomic E-state index is 0.139. The van der Waals surface area contributed by atoms with Crippen molar-refractivity contribution in [3.63, 3.8) is 0 Å². The van der Waals surface area contributed by atoms with Crippen LogP contribution in [0.25, 0.3) is 11.8 Å². The third kappa shape index (κ3) is 3.70. The number of nitrogens with two attached hydrogens (primary N) is 1. The smallest absolute Gasteiger partial charge is 0.238 e. The quantitative estimate of drug-likeness (QED) is 0.537. The first kappa shape index (κ1) is 23.0. The molecule has 2 aromatic heterocycles. The third-order valence-corrected chi connectivity index (χ3v) is 8.67. The SMILES string of the molecule is CCCC12Cc3cnn(-c4cccnc4)c3C=C1CC[C@@]2(O)CCc1ccccc1S(N)(=O)=O. The number of rotatable bonds is 7. The van der Waals surface area contributed by atoms with Crippen LogP contribution in [0.5, 0.6) is 0 Å². The van der Waals surface area contributed by atoms with Gasteiger partial charge in [-0.3, -0.25) is 4.98 Å². The maximum absolute atomic E-state index is 12.1. The number of benzene rings is 1. The molecule has 7 nitrogen and oxygen atoms in total. The van der Waals surface area contributed by atoms with Gasteiger partial charge in [0.15, 0.2) is 0 Å². The predicted molar refractivity (Wildman–Crippen MR) is 131 cm³/mol. The highest BCUT2D eigenvalue weighted by molar-refractivity contribution is 7.89. The van der Waals surface area contributed by atoms with Gasteiger partial charge in [-0.25, -0.2) is 18.2 Å². The summed E-state index contributed by atoms with van der Waals surface area (Å²) in [5.41, 5.74) is 3.68. The number of primary sulfonamides is 1. The summed E-state index contributed by atoms with van der Waals surface area (Å²) in [6, 6.07) is 10.7. The minimum Gasteiger partial charge on any atom is -0.389 e. The van der Waals surface area contributed by atoms with E-state index < -0.39 is 15.6 Å². The molecule has 0 spiro atoms. The Bertz CT molecular complexity index is 1350. The van der Waals surface area contributed by atoms with Gasteiger partial charge in [0, 0.05) is 11.6 Å². The fraction of sp³-hybridized carbons (Fsp3) is 0.385. The number of nitrogens with zero attached hydrogens (tertiary/aromatic N) is 3. The summed E-state index contributed by atoms with van der Waals surface area (Å²) in [5, 5.41) is 22.2. The van der Waals surface area contributed by atoms with E-state index in [2.05, 4.69) is 23.1 Å². The van der Waals surface area contributed by atoms with Crippen LogP contribution in [0.1, 0.15) is 55.8 Å². The Morgan fingerprint density at radius 1 is 1.15 bits per heavy atom. The van der Waals surface area contributed by atoms with Gasteiger partial charge in [-0.2, -0.15) is 5.10 Å². The normalized spacial score (nSPS) is 23.9. The Labute approximate surface area is 200 Å². The van der Waals surface area contributed by atoms with Crippen LogP contribution in [0, 0.1) is 5.41 Å². The van der Waals surface area contributed by atoms with E-state index in [0.717, 1.165) is 42.6 Å². The lowest BCUT2D eigenvalue weighted by atomic mass is 9.62. The molecular weight excluding hydrogens is 448 g/mol. The molecule has 34 heavy (non-hydrogen) atoms. The average molecular weight is 479 g/mol. The molecule has 0 aliphatic heterocycles. The second-order valence-corrected chi connectivity index (χ2v) is 11.1. The lowest BCUT2D eigenvalue weighted by molar-refractivity contribution is -0.0594. The van der Waals surface area contributed by atoms with Crippen molar-refractivity contribution in [2.45, 2.75) is 62.4 Å². The van der Waals surface area contributed by atoms with Crippen LogP contribution in [-0.4, -0.2) is 33.9 Å². The fourth-order valence-electron chi connectivity index (χ4n) is 6.07. The van der Waals surface area contributed by atoms with E-state index in [0.29, 0.717) is 24.8 Å². The topological polar surface area (TPSA) is 111 Å². The molecule has 1 unspecified atom stereocenters. The van der Waals surface area contributed by atoms with Gasteiger partial charge in [0.25, 0.3) is 0 Å². The summed E-state index contributed by atoms with van der Waals surface area (Å²) in [6.07, 6.45) is 12.6. The first-order chi connectivity index (χ1) is 16.3. The molecule has 1 fully saturated rings. The van der Waals surface area contributed by atoms with Crippen molar-refractivity contribution in [1.29, 1.82) is 0 Å². The Hall–Kier alpha value is -2.81. The van der Waals surface area contributed by atoms with Crippen molar-refractivity contribution in [1.82, 2.24) is 14.8 Å². The van der Waals surface area contributed by atoms with Crippen LogP contribution in [-0.2, 0) is 22.9 Å². The van der Waals surface area contributed by atoms with Crippen molar-refractivity contribution < 1.29 is 13.5 Å². The van der Waals surface area contributed by atoms with Gasteiger partial charge in [-0.05, 0) is 73.9 Å². The highest BCUT2D eigenvalue weighted by atomic mass is 32.2. The minimum atomic E-state index is -3.82. The van der Waals surface area contributed by atoms with Crippen LogP contribution in [0.4, 0.5) is 0 Å². The van der Waals surface area contributed by atoms with E-state index in [1.165, 1.54) is 11.6 Å². The standard InChI is InChI=1S/C26H30N4O3S/c1-2-11-25-16-20-17-29-30(22-7-5-14-28-18-22)23(20)15-21(25)10-13-26(25,31)12-9-19-6-3-4-8-24(19)34(27,32)33/h3-8,14-15,17-18,31H,2,9-13,16H2,1H3,(H2,27,32,33)/t25?,26-/m0/s1. The number of hydrogen-bond donors (Lipinski definition) is 2. The summed E-state index contributed by atoms with van der Waals surface area (Å²) in [7, 11) is -3.82. The van der Waals surface area contributed by atoms with E-state index in [1.54, 1.807) is 24.5 Å². The van der Waals surface area contributed by atoms with Gasteiger partial charge in [0.05, 0.1) is 34.3 Å². The Morgan fingerprint density at radius 2 is 1.97 bits per heavy atom. The zero-order chi connectivity index (χ0) is 24.0. The number of sulfonamides is 1. The molecule has 2 aliphatic carbocycles. The highest BCUT2D eigenvalue weighted by Crippen LogP contribution is 2.59. The molecule has 2 heterocycles. The Balaban J connectivity index is 1.50. The van der Waals surface area contributed by atoms with Gasteiger partial charge in [-0.15, -0.1) is 0 Å². The second-order valence-electron chi connectivity index (χ2n) is 9.54. The second kappa shape index (κ2) is 8.45. The van der Waals surface area contributed by atoms with Gasteiger partial charge in [0.1, 0.15) is 0 Å². The van der Waals surface area contributed by atoms with E-state index >= 15 is 0 Å². The molecule has 8 heteroatoms. The summed E-state index contributed by atoms with van der Waals surface area (Å²) in [5.74, 6) is 0. The molecule has 2 aliphatic rings. The molecule has 3 N–H and O–H groups in total. The van der Waals surface area contributed by atoms with Crippen molar-refractivity contribution in [2.24, 2.45) is 10.6 Å². The van der Waals surface area contributed by atoms with Crippen LogP contribution in [0.3, 0.4) is 0 Å². The zero-order valence-corrected chi connectivity index (χ0v) is 20.1. The fourth-order valence-corrected chi connectivity index (χ4v) is 6.87. The summed E-state index contributed by atoms with van der Waals surface area (Å²) < 4.78 is 26.1. The molecule has 0 bridgehead atoms. The third-order valence-electron chi connectivity index (χ3n) is 7.66. The van der Waals surface area contributed by atoms with Gasteiger partial charge < -0.3 is 5.11 Å².